The van der Waals surface area contributed by atoms with Crippen LogP contribution in [0.3, 0.4) is 0 Å². The predicted octanol–water partition coefficient (Wildman–Crippen LogP) is 5.39. The zero-order chi connectivity index (χ0) is 23.3. The van der Waals surface area contributed by atoms with E-state index in [4.69, 9.17) is 12.2 Å². The molecule has 0 saturated heterocycles. The molecule has 0 aliphatic carbocycles. The van der Waals surface area contributed by atoms with Gasteiger partial charge in [0.25, 0.3) is 11.8 Å². The number of alkyl halides is 3. The Bertz CT molecular complexity index is 1160. The molecule has 3 aromatic carbocycles. The lowest BCUT2D eigenvalue weighted by atomic mass is 10.1. The maximum absolute atomic E-state index is 12.8. The molecule has 3 N–H and O–H groups in total. The molecule has 32 heavy (non-hydrogen) atoms. The summed E-state index contributed by atoms with van der Waals surface area (Å²) < 4.78 is 38.4. The molecule has 3 rings (SSSR count). The van der Waals surface area contributed by atoms with Gasteiger partial charge in [-0.2, -0.15) is 13.2 Å². The normalized spacial score (nSPS) is 10.9. The summed E-state index contributed by atoms with van der Waals surface area (Å²) in [5.74, 6) is -0.913. The Morgan fingerprint density at radius 1 is 0.812 bits per heavy atom. The van der Waals surface area contributed by atoms with Gasteiger partial charge in [0.15, 0.2) is 5.11 Å². The third-order valence-electron chi connectivity index (χ3n) is 4.47. The van der Waals surface area contributed by atoms with Crippen LogP contribution >= 0.6 is 12.2 Å². The minimum atomic E-state index is -4.50. The molecule has 0 spiro atoms. The van der Waals surface area contributed by atoms with E-state index in [-0.39, 0.29) is 22.3 Å². The fraction of sp³-hybridized carbons (Fsp3) is 0.0870. The highest BCUT2D eigenvalue weighted by molar-refractivity contribution is 7.80. The van der Waals surface area contributed by atoms with Crippen molar-refractivity contribution in [1.82, 2.24) is 5.32 Å². The van der Waals surface area contributed by atoms with Gasteiger partial charge in [0.05, 0.1) is 5.56 Å². The van der Waals surface area contributed by atoms with Crippen molar-refractivity contribution in [3.05, 3.63) is 95.1 Å². The number of hydrogen-bond acceptors (Lipinski definition) is 3. The Balaban J connectivity index is 1.60. The number of rotatable bonds is 4. The second-order valence-corrected chi connectivity index (χ2v) is 7.24. The molecule has 9 heteroatoms. The van der Waals surface area contributed by atoms with E-state index in [0.29, 0.717) is 11.3 Å². The Labute approximate surface area is 187 Å². The molecule has 164 valence electrons. The lowest BCUT2D eigenvalue weighted by molar-refractivity contribution is -0.137. The van der Waals surface area contributed by atoms with Gasteiger partial charge in [-0.25, -0.2) is 0 Å². The van der Waals surface area contributed by atoms with Crippen molar-refractivity contribution in [2.75, 3.05) is 10.6 Å². The summed E-state index contributed by atoms with van der Waals surface area (Å²) in [7, 11) is 0. The van der Waals surface area contributed by atoms with Crippen LogP contribution in [0, 0.1) is 6.92 Å². The summed E-state index contributed by atoms with van der Waals surface area (Å²) in [5.41, 5.74) is 1.25. The van der Waals surface area contributed by atoms with Crippen LogP contribution in [0.25, 0.3) is 0 Å². The van der Waals surface area contributed by atoms with Gasteiger partial charge in [-0.15, -0.1) is 0 Å². The number of amides is 2. The summed E-state index contributed by atoms with van der Waals surface area (Å²) in [6.07, 6.45) is -4.50. The molecule has 0 bridgehead atoms. The number of carbonyl (C=O) groups is 2. The zero-order valence-electron chi connectivity index (χ0n) is 16.8. The molecular weight excluding hydrogens is 439 g/mol. The molecule has 0 heterocycles. The standard InChI is InChI=1S/C23H18F3N3O2S/c1-14-5-2-3-8-19(14)21(31)29-22(32)28-17-11-9-15(10-12-17)20(30)27-18-7-4-6-16(13-18)23(24,25)26/h2-13H,1H3,(H,27,30)(H2,28,29,31,32). The first-order valence-electron chi connectivity index (χ1n) is 9.40. The molecule has 0 aliphatic rings. The SMILES string of the molecule is Cc1ccccc1C(=O)NC(=S)Nc1ccc(C(=O)Nc2cccc(C(F)(F)F)c2)cc1. The van der Waals surface area contributed by atoms with E-state index in [1.54, 1.807) is 24.3 Å². The van der Waals surface area contributed by atoms with E-state index in [0.717, 1.165) is 17.7 Å². The number of aryl methyl sites for hydroxylation is 1. The molecule has 0 fully saturated rings. The topological polar surface area (TPSA) is 70.2 Å². The van der Waals surface area contributed by atoms with Gasteiger partial charge < -0.3 is 10.6 Å². The van der Waals surface area contributed by atoms with Gasteiger partial charge in [0, 0.05) is 22.5 Å². The van der Waals surface area contributed by atoms with Crippen LogP contribution in [0.1, 0.15) is 31.8 Å². The number of hydrogen-bond donors (Lipinski definition) is 3. The molecule has 3 aromatic rings. The van der Waals surface area contributed by atoms with Crippen LogP contribution in [0.4, 0.5) is 24.5 Å². The van der Waals surface area contributed by atoms with Crippen molar-refractivity contribution >= 4 is 40.5 Å². The Morgan fingerprint density at radius 2 is 1.50 bits per heavy atom. The third kappa shape index (κ3) is 5.92. The highest BCUT2D eigenvalue weighted by Gasteiger charge is 2.30. The number of anilines is 2. The molecule has 0 aliphatic heterocycles. The number of thiocarbonyl (C=S) groups is 1. The van der Waals surface area contributed by atoms with E-state index in [2.05, 4.69) is 16.0 Å². The van der Waals surface area contributed by atoms with Crippen LogP contribution in [0.2, 0.25) is 0 Å². The number of halogens is 3. The van der Waals surface area contributed by atoms with E-state index in [1.165, 1.54) is 24.3 Å². The first-order valence-corrected chi connectivity index (χ1v) is 9.81. The van der Waals surface area contributed by atoms with Crippen molar-refractivity contribution < 1.29 is 22.8 Å². The summed E-state index contributed by atoms with van der Waals surface area (Å²) in [4.78, 5) is 24.7. The second kappa shape index (κ2) is 9.61. The van der Waals surface area contributed by atoms with Crippen molar-refractivity contribution in [1.29, 1.82) is 0 Å². The van der Waals surface area contributed by atoms with Gasteiger partial charge in [-0.05, 0) is 73.2 Å². The fourth-order valence-electron chi connectivity index (χ4n) is 2.84. The van der Waals surface area contributed by atoms with Crippen LogP contribution in [0.5, 0.6) is 0 Å². The van der Waals surface area contributed by atoms with Crippen LogP contribution in [-0.4, -0.2) is 16.9 Å². The zero-order valence-corrected chi connectivity index (χ0v) is 17.6. The van der Waals surface area contributed by atoms with E-state index in [9.17, 15) is 22.8 Å². The molecule has 0 aromatic heterocycles. The molecule has 5 nitrogen and oxygen atoms in total. The molecule has 0 atom stereocenters. The molecular formula is C23H18F3N3O2S. The summed E-state index contributed by atoms with van der Waals surface area (Å²) >= 11 is 5.15. The molecule has 0 radical (unpaired) electrons. The lowest BCUT2D eigenvalue weighted by Crippen LogP contribution is -2.34. The van der Waals surface area contributed by atoms with Crippen molar-refractivity contribution in [2.45, 2.75) is 13.1 Å². The highest BCUT2D eigenvalue weighted by Crippen LogP contribution is 2.30. The van der Waals surface area contributed by atoms with Crippen LogP contribution < -0.4 is 16.0 Å². The van der Waals surface area contributed by atoms with Crippen molar-refractivity contribution in [3.8, 4) is 0 Å². The predicted molar refractivity (Wildman–Crippen MR) is 121 cm³/mol. The van der Waals surface area contributed by atoms with Gasteiger partial charge in [0.2, 0.25) is 0 Å². The van der Waals surface area contributed by atoms with Crippen LogP contribution in [0.15, 0.2) is 72.8 Å². The summed E-state index contributed by atoms with van der Waals surface area (Å²) in [5, 5.41) is 7.95. The number of nitrogens with one attached hydrogen (secondary N) is 3. The number of benzene rings is 3. The van der Waals surface area contributed by atoms with Gasteiger partial charge in [-0.3, -0.25) is 14.9 Å². The molecule has 2 amide bonds. The Morgan fingerprint density at radius 3 is 2.16 bits per heavy atom. The first-order chi connectivity index (χ1) is 15.1. The summed E-state index contributed by atoms with van der Waals surface area (Å²) in [6, 6.07) is 17.6. The molecule has 0 saturated carbocycles. The van der Waals surface area contributed by atoms with E-state index in [1.807, 2.05) is 19.1 Å². The highest BCUT2D eigenvalue weighted by atomic mass is 32.1. The minimum absolute atomic E-state index is 0.0344. The Kier molecular flexibility index (Phi) is 6.89. The van der Waals surface area contributed by atoms with E-state index < -0.39 is 17.6 Å². The monoisotopic (exact) mass is 457 g/mol. The van der Waals surface area contributed by atoms with Crippen molar-refractivity contribution in [2.24, 2.45) is 0 Å². The van der Waals surface area contributed by atoms with Gasteiger partial charge >= 0.3 is 6.18 Å². The fourth-order valence-corrected chi connectivity index (χ4v) is 3.05. The Hall–Kier alpha value is -3.72. The quantitative estimate of drug-likeness (QED) is 0.460. The van der Waals surface area contributed by atoms with Crippen molar-refractivity contribution in [3.63, 3.8) is 0 Å². The number of carbonyl (C=O) groups excluding carboxylic acids is 2. The largest absolute Gasteiger partial charge is 0.416 e. The average molecular weight is 457 g/mol. The van der Waals surface area contributed by atoms with Crippen LogP contribution in [-0.2, 0) is 6.18 Å². The maximum Gasteiger partial charge on any atom is 0.416 e. The smallest absolute Gasteiger partial charge is 0.332 e. The lowest BCUT2D eigenvalue weighted by Gasteiger charge is -2.12. The molecule has 0 unspecified atom stereocenters. The minimum Gasteiger partial charge on any atom is -0.332 e. The van der Waals surface area contributed by atoms with Gasteiger partial charge in [-0.1, -0.05) is 24.3 Å². The summed E-state index contributed by atoms with van der Waals surface area (Å²) in [6.45, 7) is 1.81. The maximum atomic E-state index is 12.8. The van der Waals surface area contributed by atoms with E-state index >= 15 is 0 Å². The average Bonchev–Trinajstić information content (AvgIpc) is 2.74. The second-order valence-electron chi connectivity index (χ2n) is 6.83. The first kappa shape index (κ1) is 23.0. The third-order valence-corrected chi connectivity index (χ3v) is 4.67. The van der Waals surface area contributed by atoms with Gasteiger partial charge in [0.1, 0.15) is 0 Å².